The summed E-state index contributed by atoms with van der Waals surface area (Å²) >= 11 is 0. The van der Waals surface area contributed by atoms with Crippen molar-refractivity contribution >= 4 is 17.1 Å². The van der Waals surface area contributed by atoms with Gasteiger partial charge in [0.2, 0.25) is 0 Å². The smallest absolute Gasteiger partial charge is 0.0390 e. The normalized spacial score (nSPS) is 10.5. The van der Waals surface area contributed by atoms with E-state index in [-0.39, 0.29) is 0 Å². The van der Waals surface area contributed by atoms with E-state index in [0.29, 0.717) is 0 Å². The van der Waals surface area contributed by atoms with E-state index in [4.69, 9.17) is 5.73 Å². The lowest BCUT2D eigenvalue weighted by Crippen LogP contribution is -1.93. The van der Waals surface area contributed by atoms with Gasteiger partial charge in [0.15, 0.2) is 0 Å². The Labute approximate surface area is 153 Å². The molecule has 26 heavy (non-hydrogen) atoms. The largest absolute Gasteiger partial charge is 0.399 e. The summed E-state index contributed by atoms with van der Waals surface area (Å²) in [5, 5.41) is 3.48. The molecule has 0 heterocycles. The molecule has 0 unspecified atom stereocenters. The summed E-state index contributed by atoms with van der Waals surface area (Å²) in [5.74, 6) is 0. The standard InChI is InChI=1S/C24H20N2/c25-20-13-11-19(12-14-20)23-16-15-22(26-21-9-5-2-6-10-21)17-24(23)18-7-3-1-4-8-18/h1-17,26H,25H2. The molecule has 0 fully saturated rings. The van der Waals surface area contributed by atoms with Crippen LogP contribution in [0.3, 0.4) is 0 Å². The third kappa shape index (κ3) is 3.45. The van der Waals surface area contributed by atoms with Crippen molar-refractivity contribution in [1.82, 2.24) is 0 Å². The lowest BCUT2D eigenvalue weighted by Gasteiger charge is -2.14. The number of nitrogens with two attached hydrogens (primary N) is 1. The lowest BCUT2D eigenvalue weighted by molar-refractivity contribution is 1.53. The molecule has 0 bridgehead atoms. The topological polar surface area (TPSA) is 38.0 Å². The molecule has 0 saturated carbocycles. The minimum Gasteiger partial charge on any atom is -0.399 e. The summed E-state index contributed by atoms with van der Waals surface area (Å²) in [7, 11) is 0. The van der Waals surface area contributed by atoms with Gasteiger partial charge in [0.25, 0.3) is 0 Å². The Kier molecular flexibility index (Phi) is 4.40. The number of hydrogen-bond acceptors (Lipinski definition) is 2. The van der Waals surface area contributed by atoms with E-state index < -0.39 is 0 Å². The van der Waals surface area contributed by atoms with Crippen LogP contribution in [-0.4, -0.2) is 0 Å². The number of rotatable bonds is 4. The Morgan fingerprint density at radius 3 is 1.81 bits per heavy atom. The number of anilines is 3. The van der Waals surface area contributed by atoms with E-state index >= 15 is 0 Å². The molecule has 0 amide bonds. The molecule has 0 aliphatic rings. The molecule has 2 heteroatoms. The summed E-state index contributed by atoms with van der Waals surface area (Å²) in [5.41, 5.74) is 13.5. The highest BCUT2D eigenvalue weighted by Gasteiger charge is 2.09. The van der Waals surface area contributed by atoms with Crippen molar-refractivity contribution in [3.63, 3.8) is 0 Å². The first-order chi connectivity index (χ1) is 12.8. The molecule has 0 aliphatic carbocycles. The van der Waals surface area contributed by atoms with E-state index in [1.807, 2.05) is 36.4 Å². The minimum absolute atomic E-state index is 0.775. The minimum atomic E-state index is 0.775. The molecule has 3 N–H and O–H groups in total. The SMILES string of the molecule is Nc1ccc(-c2ccc(Nc3ccccc3)cc2-c2ccccc2)cc1. The van der Waals surface area contributed by atoms with Crippen molar-refractivity contribution in [2.45, 2.75) is 0 Å². The molecule has 4 rings (SSSR count). The van der Waals surface area contributed by atoms with Crippen molar-refractivity contribution in [3.05, 3.63) is 103 Å². The number of hydrogen-bond donors (Lipinski definition) is 2. The second kappa shape index (κ2) is 7.16. The van der Waals surface area contributed by atoms with E-state index in [0.717, 1.165) is 22.6 Å². The monoisotopic (exact) mass is 336 g/mol. The van der Waals surface area contributed by atoms with E-state index in [1.165, 1.54) is 16.7 Å². The lowest BCUT2D eigenvalue weighted by atomic mass is 9.94. The van der Waals surface area contributed by atoms with Crippen LogP contribution in [0.15, 0.2) is 103 Å². The molecule has 4 aromatic carbocycles. The van der Waals surface area contributed by atoms with Gasteiger partial charge in [-0.1, -0.05) is 66.7 Å². The van der Waals surface area contributed by atoms with Gasteiger partial charge in [-0.2, -0.15) is 0 Å². The van der Waals surface area contributed by atoms with E-state index in [9.17, 15) is 0 Å². The molecule has 0 spiro atoms. The van der Waals surface area contributed by atoms with Crippen molar-refractivity contribution in [2.75, 3.05) is 11.1 Å². The Morgan fingerprint density at radius 2 is 1.12 bits per heavy atom. The van der Waals surface area contributed by atoms with Crippen LogP contribution >= 0.6 is 0 Å². The average Bonchev–Trinajstić information content (AvgIpc) is 2.70. The van der Waals surface area contributed by atoms with Gasteiger partial charge in [0.05, 0.1) is 0 Å². The number of para-hydroxylation sites is 1. The highest BCUT2D eigenvalue weighted by atomic mass is 14.9. The predicted molar refractivity (Wildman–Crippen MR) is 111 cm³/mol. The Hall–Kier alpha value is -3.52. The molecule has 0 aliphatic heterocycles. The van der Waals surface area contributed by atoms with Gasteiger partial charge in [-0.25, -0.2) is 0 Å². The van der Waals surface area contributed by atoms with Gasteiger partial charge in [-0.3, -0.25) is 0 Å². The molecule has 0 radical (unpaired) electrons. The van der Waals surface area contributed by atoms with Crippen LogP contribution in [0, 0.1) is 0 Å². The maximum Gasteiger partial charge on any atom is 0.0390 e. The number of nitrogens with one attached hydrogen (secondary N) is 1. The quantitative estimate of drug-likeness (QED) is 0.426. The number of benzene rings is 4. The summed E-state index contributed by atoms with van der Waals surface area (Å²) < 4.78 is 0. The van der Waals surface area contributed by atoms with Crippen LogP contribution < -0.4 is 11.1 Å². The van der Waals surface area contributed by atoms with Crippen molar-refractivity contribution < 1.29 is 0 Å². The van der Waals surface area contributed by atoms with Crippen LogP contribution in [-0.2, 0) is 0 Å². The van der Waals surface area contributed by atoms with Crippen LogP contribution in [0.25, 0.3) is 22.3 Å². The van der Waals surface area contributed by atoms with Crippen LogP contribution in [0.1, 0.15) is 0 Å². The molecule has 0 saturated heterocycles. The van der Waals surface area contributed by atoms with Crippen molar-refractivity contribution in [3.8, 4) is 22.3 Å². The Bertz CT molecular complexity index is 991. The first-order valence-electron chi connectivity index (χ1n) is 8.67. The zero-order chi connectivity index (χ0) is 17.8. The summed E-state index contributed by atoms with van der Waals surface area (Å²) in [6, 6.07) is 35.2. The van der Waals surface area contributed by atoms with Gasteiger partial charge < -0.3 is 11.1 Å². The fourth-order valence-electron chi connectivity index (χ4n) is 3.08. The molecule has 0 atom stereocenters. The van der Waals surface area contributed by atoms with Crippen molar-refractivity contribution in [2.24, 2.45) is 0 Å². The molecular weight excluding hydrogens is 316 g/mol. The van der Waals surface area contributed by atoms with E-state index in [1.54, 1.807) is 0 Å². The van der Waals surface area contributed by atoms with Crippen LogP contribution in [0.4, 0.5) is 17.1 Å². The fourth-order valence-corrected chi connectivity index (χ4v) is 3.08. The Balaban J connectivity index is 1.80. The van der Waals surface area contributed by atoms with Crippen molar-refractivity contribution in [1.29, 1.82) is 0 Å². The summed E-state index contributed by atoms with van der Waals surface area (Å²) in [6.45, 7) is 0. The summed E-state index contributed by atoms with van der Waals surface area (Å²) in [6.07, 6.45) is 0. The fraction of sp³-hybridized carbons (Fsp3) is 0. The van der Waals surface area contributed by atoms with Gasteiger partial charge in [-0.15, -0.1) is 0 Å². The molecule has 0 aromatic heterocycles. The Morgan fingerprint density at radius 1 is 0.500 bits per heavy atom. The zero-order valence-corrected chi connectivity index (χ0v) is 14.4. The second-order valence-electron chi connectivity index (χ2n) is 6.24. The zero-order valence-electron chi connectivity index (χ0n) is 14.4. The van der Waals surface area contributed by atoms with Gasteiger partial charge in [-0.05, 0) is 58.7 Å². The van der Waals surface area contributed by atoms with Gasteiger partial charge >= 0.3 is 0 Å². The molecule has 126 valence electrons. The first-order valence-corrected chi connectivity index (χ1v) is 8.67. The van der Waals surface area contributed by atoms with Crippen LogP contribution in [0.5, 0.6) is 0 Å². The number of nitrogen functional groups attached to an aromatic ring is 1. The second-order valence-corrected chi connectivity index (χ2v) is 6.24. The van der Waals surface area contributed by atoms with Gasteiger partial charge in [0, 0.05) is 17.1 Å². The first kappa shape index (κ1) is 16.0. The highest BCUT2D eigenvalue weighted by Crippen LogP contribution is 2.35. The maximum atomic E-state index is 5.85. The highest BCUT2D eigenvalue weighted by molar-refractivity contribution is 5.86. The molecule has 2 nitrogen and oxygen atoms in total. The maximum absolute atomic E-state index is 5.85. The van der Waals surface area contributed by atoms with E-state index in [2.05, 4.69) is 72.0 Å². The predicted octanol–water partition coefficient (Wildman–Crippen LogP) is 6.35. The third-order valence-corrected chi connectivity index (χ3v) is 4.39. The average molecular weight is 336 g/mol. The van der Waals surface area contributed by atoms with Gasteiger partial charge in [0.1, 0.15) is 0 Å². The summed E-state index contributed by atoms with van der Waals surface area (Å²) in [4.78, 5) is 0. The molecule has 4 aromatic rings. The molecular formula is C24H20N2. The van der Waals surface area contributed by atoms with Crippen LogP contribution in [0.2, 0.25) is 0 Å². The third-order valence-electron chi connectivity index (χ3n) is 4.39.